The van der Waals surface area contributed by atoms with Gasteiger partial charge in [-0.05, 0) is 35.3 Å². The first-order chi connectivity index (χ1) is 10.0. The molecular weight excluding hydrogens is 268 g/mol. The van der Waals surface area contributed by atoms with Crippen LogP contribution in [0.3, 0.4) is 0 Å². The minimum absolute atomic E-state index is 0.177. The second kappa shape index (κ2) is 8.47. The highest BCUT2D eigenvalue weighted by atomic mass is 16.7. The number of hydrogen-bond donors (Lipinski definition) is 0. The molecule has 0 saturated heterocycles. The Bertz CT molecular complexity index is 488. The third-order valence-electron chi connectivity index (χ3n) is 3.18. The van der Waals surface area contributed by atoms with Crippen molar-refractivity contribution in [3.05, 3.63) is 29.3 Å². The van der Waals surface area contributed by atoms with Crippen molar-refractivity contribution in [2.75, 3.05) is 14.2 Å². The summed E-state index contributed by atoms with van der Waals surface area (Å²) < 4.78 is 16.3. The third kappa shape index (κ3) is 4.90. The van der Waals surface area contributed by atoms with Crippen LogP contribution in [0.1, 0.15) is 32.8 Å². The van der Waals surface area contributed by atoms with Gasteiger partial charge in [0, 0.05) is 13.5 Å². The van der Waals surface area contributed by atoms with E-state index in [9.17, 15) is 4.79 Å². The van der Waals surface area contributed by atoms with Crippen molar-refractivity contribution in [3.63, 3.8) is 0 Å². The molecule has 1 unspecified atom stereocenters. The first-order valence-corrected chi connectivity index (χ1v) is 7.09. The van der Waals surface area contributed by atoms with Crippen LogP contribution in [0.25, 0.3) is 6.08 Å². The van der Waals surface area contributed by atoms with E-state index < -0.39 is 0 Å². The topological polar surface area (TPSA) is 44.8 Å². The lowest BCUT2D eigenvalue weighted by Gasteiger charge is -2.18. The van der Waals surface area contributed by atoms with Gasteiger partial charge in [0.25, 0.3) is 0 Å². The lowest BCUT2D eigenvalue weighted by molar-refractivity contribution is -0.105. The molecule has 4 nitrogen and oxygen atoms in total. The fraction of sp³-hybridized carbons (Fsp3) is 0.471. The zero-order valence-electron chi connectivity index (χ0n) is 13.4. The van der Waals surface area contributed by atoms with Gasteiger partial charge in [-0.3, -0.25) is 4.79 Å². The lowest BCUT2D eigenvalue weighted by Crippen LogP contribution is -2.17. The van der Waals surface area contributed by atoms with Crippen molar-refractivity contribution in [1.29, 1.82) is 0 Å². The fourth-order valence-electron chi connectivity index (χ4n) is 1.84. The summed E-state index contributed by atoms with van der Waals surface area (Å²) in [6.45, 7) is 5.95. The van der Waals surface area contributed by atoms with E-state index in [1.54, 1.807) is 14.2 Å². The van der Waals surface area contributed by atoms with Crippen LogP contribution in [0.5, 0.6) is 11.5 Å². The number of ether oxygens (including phenoxy) is 3. The molecule has 0 spiro atoms. The number of carbonyl (C=O) groups excluding carboxylic acids is 1. The zero-order chi connectivity index (χ0) is 15.8. The molecule has 1 aromatic carbocycles. The van der Waals surface area contributed by atoms with Gasteiger partial charge in [-0.15, -0.1) is 0 Å². The summed E-state index contributed by atoms with van der Waals surface area (Å²) >= 11 is 0. The van der Waals surface area contributed by atoms with E-state index in [4.69, 9.17) is 14.2 Å². The van der Waals surface area contributed by atoms with Gasteiger partial charge in [-0.2, -0.15) is 0 Å². The minimum atomic E-state index is -0.325. The maximum Gasteiger partial charge on any atom is 0.199 e. The van der Waals surface area contributed by atoms with Crippen molar-refractivity contribution < 1.29 is 19.0 Å². The van der Waals surface area contributed by atoms with Gasteiger partial charge in [0.1, 0.15) is 6.29 Å². The summed E-state index contributed by atoms with van der Waals surface area (Å²) in [5.41, 5.74) is 1.64. The summed E-state index contributed by atoms with van der Waals surface area (Å²) in [5, 5.41) is 0. The van der Waals surface area contributed by atoms with E-state index in [1.165, 1.54) is 0 Å². The number of hydrogen-bond acceptors (Lipinski definition) is 4. The molecule has 0 aliphatic rings. The summed E-state index contributed by atoms with van der Waals surface area (Å²) in [6, 6.07) is 5.57. The molecule has 1 atom stereocenters. The number of rotatable bonds is 8. The fourth-order valence-corrected chi connectivity index (χ4v) is 1.84. The lowest BCUT2D eigenvalue weighted by atomic mass is 10.0. The third-order valence-corrected chi connectivity index (χ3v) is 3.18. The molecule has 0 aliphatic carbocycles. The van der Waals surface area contributed by atoms with Gasteiger partial charge in [0.2, 0.25) is 0 Å². The monoisotopic (exact) mass is 292 g/mol. The second-order valence-corrected chi connectivity index (χ2v) is 5.02. The van der Waals surface area contributed by atoms with Crippen LogP contribution in [-0.2, 0) is 9.53 Å². The van der Waals surface area contributed by atoms with E-state index in [1.807, 2.05) is 45.0 Å². The van der Waals surface area contributed by atoms with Crippen LogP contribution >= 0.6 is 0 Å². The van der Waals surface area contributed by atoms with Crippen molar-refractivity contribution in [3.8, 4) is 11.5 Å². The molecule has 21 heavy (non-hydrogen) atoms. The van der Waals surface area contributed by atoms with Crippen LogP contribution in [0, 0.1) is 5.92 Å². The normalized spacial score (nSPS) is 13.1. The summed E-state index contributed by atoms with van der Waals surface area (Å²) in [7, 11) is 3.20. The predicted octanol–water partition coefficient (Wildman–Crippen LogP) is 3.69. The molecule has 1 aromatic rings. The number of aldehydes is 1. The van der Waals surface area contributed by atoms with Gasteiger partial charge in [0.05, 0.1) is 7.11 Å². The smallest absolute Gasteiger partial charge is 0.199 e. The highest BCUT2D eigenvalue weighted by molar-refractivity contribution is 5.82. The van der Waals surface area contributed by atoms with Crippen LogP contribution in [0.15, 0.2) is 23.8 Å². The average Bonchev–Trinajstić information content (AvgIpc) is 2.49. The molecule has 0 amide bonds. The van der Waals surface area contributed by atoms with Crippen LogP contribution < -0.4 is 9.47 Å². The molecule has 0 radical (unpaired) electrons. The molecule has 0 aromatic heterocycles. The number of methoxy groups -OCH3 is 2. The Morgan fingerprint density at radius 2 is 1.95 bits per heavy atom. The molecule has 0 heterocycles. The van der Waals surface area contributed by atoms with Gasteiger partial charge in [0.15, 0.2) is 17.8 Å². The number of allylic oxidation sites excluding steroid dienone is 1. The van der Waals surface area contributed by atoms with E-state index in [2.05, 4.69) is 0 Å². The second-order valence-electron chi connectivity index (χ2n) is 5.02. The Kier molecular flexibility index (Phi) is 6.96. The van der Waals surface area contributed by atoms with Crippen molar-refractivity contribution in [2.24, 2.45) is 5.92 Å². The molecule has 0 bridgehead atoms. The molecule has 0 aliphatic heterocycles. The summed E-state index contributed by atoms with van der Waals surface area (Å²) in [5.74, 6) is 1.42. The van der Waals surface area contributed by atoms with Gasteiger partial charge in [-0.25, -0.2) is 0 Å². The quantitative estimate of drug-likeness (QED) is 0.416. The molecule has 0 N–H and O–H groups in total. The Labute approximate surface area is 126 Å². The van der Waals surface area contributed by atoms with Gasteiger partial charge < -0.3 is 14.2 Å². The van der Waals surface area contributed by atoms with Crippen LogP contribution in [-0.4, -0.2) is 26.8 Å². The molecule has 0 saturated carbocycles. The average molecular weight is 292 g/mol. The van der Waals surface area contributed by atoms with Crippen LogP contribution in [0.4, 0.5) is 0 Å². The number of benzene rings is 1. The maximum atomic E-state index is 11.1. The predicted molar refractivity (Wildman–Crippen MR) is 83.6 cm³/mol. The van der Waals surface area contributed by atoms with E-state index in [-0.39, 0.29) is 12.2 Å². The minimum Gasteiger partial charge on any atom is -0.493 e. The Morgan fingerprint density at radius 1 is 1.24 bits per heavy atom. The Balaban J connectivity index is 3.12. The first kappa shape index (κ1) is 17.2. The molecular formula is C17H24O4. The SMILES string of the molecule is CCC(OC)Oc1cc(/C=C(\C=O)C(C)C)ccc1OC. The first-order valence-electron chi connectivity index (χ1n) is 7.09. The molecule has 116 valence electrons. The van der Waals surface area contributed by atoms with Crippen LogP contribution in [0.2, 0.25) is 0 Å². The molecule has 0 fully saturated rings. The van der Waals surface area contributed by atoms with E-state index in [0.29, 0.717) is 11.5 Å². The largest absolute Gasteiger partial charge is 0.493 e. The highest BCUT2D eigenvalue weighted by Gasteiger charge is 2.12. The summed E-state index contributed by atoms with van der Waals surface area (Å²) in [4.78, 5) is 11.1. The number of carbonyl (C=O) groups is 1. The van der Waals surface area contributed by atoms with Crippen molar-refractivity contribution >= 4 is 12.4 Å². The Morgan fingerprint density at radius 3 is 2.43 bits per heavy atom. The molecule has 1 rings (SSSR count). The molecule has 4 heteroatoms. The van der Waals surface area contributed by atoms with Gasteiger partial charge >= 0.3 is 0 Å². The Hall–Kier alpha value is -1.81. The zero-order valence-corrected chi connectivity index (χ0v) is 13.4. The van der Waals surface area contributed by atoms with E-state index >= 15 is 0 Å². The highest BCUT2D eigenvalue weighted by Crippen LogP contribution is 2.30. The standard InChI is InChI=1S/C17H24O4/c1-6-17(20-5)21-16-10-13(7-8-15(16)19-4)9-14(11-18)12(2)3/h7-12,17H,6H2,1-5H3/b14-9+. The van der Waals surface area contributed by atoms with Gasteiger partial charge in [-0.1, -0.05) is 26.8 Å². The summed E-state index contributed by atoms with van der Waals surface area (Å²) in [6.07, 6.45) is 3.15. The van der Waals surface area contributed by atoms with Crippen molar-refractivity contribution in [1.82, 2.24) is 0 Å². The van der Waals surface area contributed by atoms with E-state index in [0.717, 1.165) is 23.8 Å². The van der Waals surface area contributed by atoms with Crippen molar-refractivity contribution in [2.45, 2.75) is 33.5 Å². The maximum absolute atomic E-state index is 11.1.